The Labute approximate surface area is 74.6 Å². The number of hydrogen-bond donors (Lipinski definition) is 0. The van der Waals surface area contributed by atoms with Crippen molar-refractivity contribution in [1.82, 2.24) is 0 Å². The predicted molar refractivity (Wildman–Crippen MR) is 48.4 cm³/mol. The van der Waals surface area contributed by atoms with Crippen LogP contribution in [-0.2, 0) is 6.42 Å². The maximum absolute atomic E-state index is 11.8. The van der Waals surface area contributed by atoms with Crippen LogP contribution < -0.4 is 0 Å². The van der Waals surface area contributed by atoms with Crippen LogP contribution in [0.5, 0.6) is 0 Å². The molecule has 0 aliphatic heterocycles. The van der Waals surface area contributed by atoms with Crippen molar-refractivity contribution in [1.29, 1.82) is 0 Å². The van der Waals surface area contributed by atoms with Gasteiger partial charge in [0.25, 0.3) is 0 Å². The molecule has 0 unspecified atom stereocenters. The number of aryl methyl sites for hydroxylation is 1. The van der Waals surface area contributed by atoms with E-state index in [1.54, 1.807) is 0 Å². The topological polar surface area (TPSA) is 0 Å². The summed E-state index contributed by atoms with van der Waals surface area (Å²) in [6.45, 7) is -0.235. The molecule has 11 heavy (non-hydrogen) atoms. The minimum Gasteiger partial charge on any atom is -0.251 e. The van der Waals surface area contributed by atoms with Gasteiger partial charge in [-0.25, -0.2) is 0 Å². The summed E-state index contributed by atoms with van der Waals surface area (Å²) >= 11 is 3.40. The lowest BCUT2D eigenvalue weighted by Gasteiger charge is -2.00. The first-order valence-corrected chi connectivity index (χ1v) is 4.43. The summed E-state index contributed by atoms with van der Waals surface area (Å²) in [4.78, 5) is 0. The molecule has 1 aromatic carbocycles. The lowest BCUT2D eigenvalue weighted by atomic mass is 10.1. The molecule has 0 aliphatic rings. The maximum Gasteiger partial charge on any atom is 0.0897 e. The van der Waals surface area contributed by atoms with E-state index < -0.39 is 0 Å². The second-order valence-corrected chi connectivity index (χ2v) is 3.24. The summed E-state index contributed by atoms with van der Waals surface area (Å²) in [5.41, 5.74) is 1.19. The van der Waals surface area contributed by atoms with E-state index in [1.165, 1.54) is 5.56 Å². The molecule has 0 saturated heterocycles. The highest BCUT2D eigenvalue weighted by atomic mass is 79.9. The van der Waals surface area contributed by atoms with Gasteiger partial charge in [0, 0.05) is 4.47 Å². The Kier molecular flexibility index (Phi) is 3.57. The number of benzene rings is 1. The lowest BCUT2D eigenvalue weighted by Crippen LogP contribution is -1.87. The van der Waals surface area contributed by atoms with Gasteiger partial charge in [-0.05, 0) is 24.5 Å². The largest absolute Gasteiger partial charge is 0.251 e. The van der Waals surface area contributed by atoms with Crippen LogP contribution in [0.4, 0.5) is 4.39 Å². The monoisotopic (exact) mass is 216 g/mol. The van der Waals surface area contributed by atoms with Crippen LogP contribution in [0, 0.1) is 0 Å². The molecule has 1 aromatic rings. The van der Waals surface area contributed by atoms with Gasteiger partial charge >= 0.3 is 0 Å². The maximum atomic E-state index is 11.8. The molecule has 0 aromatic heterocycles. The van der Waals surface area contributed by atoms with Crippen molar-refractivity contribution < 1.29 is 4.39 Å². The molecule has 0 saturated carbocycles. The molecule has 0 nitrogen and oxygen atoms in total. The molecule has 0 fully saturated rings. The number of hydrogen-bond acceptors (Lipinski definition) is 0. The third-order valence-electron chi connectivity index (χ3n) is 1.54. The van der Waals surface area contributed by atoms with E-state index in [0.29, 0.717) is 6.42 Å². The molecule has 0 spiro atoms. The Morgan fingerprint density at radius 3 is 2.64 bits per heavy atom. The standard InChI is InChI=1S/C9H10BrF/c10-9-6-2-1-4-8(9)5-3-7-11/h1-2,4,6H,3,5,7H2. The third kappa shape index (κ3) is 2.62. The smallest absolute Gasteiger partial charge is 0.0897 e. The quantitative estimate of drug-likeness (QED) is 0.728. The van der Waals surface area contributed by atoms with E-state index in [4.69, 9.17) is 0 Å². The van der Waals surface area contributed by atoms with Crippen LogP contribution in [0.15, 0.2) is 28.7 Å². The van der Waals surface area contributed by atoms with Gasteiger partial charge in [0.2, 0.25) is 0 Å². The van der Waals surface area contributed by atoms with Crippen molar-refractivity contribution >= 4 is 15.9 Å². The number of rotatable bonds is 3. The number of halogens is 2. The van der Waals surface area contributed by atoms with Gasteiger partial charge in [0.15, 0.2) is 0 Å². The summed E-state index contributed by atoms with van der Waals surface area (Å²) in [5.74, 6) is 0. The Bertz CT molecular complexity index is 223. The minimum atomic E-state index is -0.235. The Morgan fingerprint density at radius 2 is 2.00 bits per heavy atom. The summed E-state index contributed by atoms with van der Waals surface area (Å²) < 4.78 is 12.9. The zero-order valence-electron chi connectivity index (χ0n) is 6.19. The Morgan fingerprint density at radius 1 is 1.27 bits per heavy atom. The van der Waals surface area contributed by atoms with Crippen molar-refractivity contribution in [3.8, 4) is 0 Å². The van der Waals surface area contributed by atoms with Crippen LogP contribution in [0.25, 0.3) is 0 Å². The summed E-state index contributed by atoms with van der Waals surface area (Å²) in [7, 11) is 0. The normalized spacial score (nSPS) is 10.0. The first-order valence-electron chi connectivity index (χ1n) is 3.64. The molecule has 0 bridgehead atoms. The van der Waals surface area contributed by atoms with Crippen molar-refractivity contribution in [2.75, 3.05) is 6.67 Å². The minimum absolute atomic E-state index is 0.235. The van der Waals surface area contributed by atoms with Crippen LogP contribution in [0.1, 0.15) is 12.0 Å². The van der Waals surface area contributed by atoms with Gasteiger partial charge in [-0.2, -0.15) is 0 Å². The molecule has 1 rings (SSSR count). The fourth-order valence-corrected chi connectivity index (χ4v) is 1.44. The van der Waals surface area contributed by atoms with Gasteiger partial charge < -0.3 is 0 Å². The van der Waals surface area contributed by atoms with Crippen molar-refractivity contribution in [2.24, 2.45) is 0 Å². The highest BCUT2D eigenvalue weighted by molar-refractivity contribution is 9.10. The average molecular weight is 217 g/mol. The van der Waals surface area contributed by atoms with Crippen LogP contribution in [0.2, 0.25) is 0 Å². The zero-order valence-corrected chi connectivity index (χ0v) is 7.77. The first kappa shape index (κ1) is 8.72. The number of alkyl halides is 1. The fraction of sp³-hybridized carbons (Fsp3) is 0.333. The molecule has 0 aliphatic carbocycles. The van der Waals surface area contributed by atoms with Crippen LogP contribution in [0.3, 0.4) is 0 Å². The molecular weight excluding hydrogens is 207 g/mol. The van der Waals surface area contributed by atoms with Crippen molar-refractivity contribution in [3.63, 3.8) is 0 Å². The van der Waals surface area contributed by atoms with Crippen LogP contribution in [-0.4, -0.2) is 6.67 Å². The fourth-order valence-electron chi connectivity index (χ4n) is 0.958. The second kappa shape index (κ2) is 4.50. The van der Waals surface area contributed by atoms with E-state index in [1.807, 2.05) is 24.3 Å². The van der Waals surface area contributed by atoms with Crippen molar-refractivity contribution in [3.05, 3.63) is 34.3 Å². The Hall–Kier alpha value is -0.370. The van der Waals surface area contributed by atoms with Crippen LogP contribution >= 0.6 is 15.9 Å². The van der Waals surface area contributed by atoms with Crippen molar-refractivity contribution in [2.45, 2.75) is 12.8 Å². The van der Waals surface area contributed by atoms with E-state index in [2.05, 4.69) is 15.9 Å². The van der Waals surface area contributed by atoms with Gasteiger partial charge in [-0.1, -0.05) is 34.1 Å². The SMILES string of the molecule is FCCCc1ccccc1Br. The van der Waals surface area contributed by atoms with E-state index >= 15 is 0 Å². The predicted octanol–water partition coefficient (Wildman–Crippen LogP) is 3.35. The third-order valence-corrected chi connectivity index (χ3v) is 2.31. The molecule has 0 atom stereocenters. The van der Waals surface area contributed by atoms with Gasteiger partial charge in [-0.3, -0.25) is 4.39 Å². The van der Waals surface area contributed by atoms with E-state index in [-0.39, 0.29) is 6.67 Å². The van der Waals surface area contributed by atoms with Gasteiger partial charge in [-0.15, -0.1) is 0 Å². The molecule has 0 N–H and O–H groups in total. The highest BCUT2D eigenvalue weighted by Gasteiger charge is 1.96. The lowest BCUT2D eigenvalue weighted by molar-refractivity contribution is 0.473. The molecular formula is C9H10BrF. The summed E-state index contributed by atoms with van der Waals surface area (Å²) in [6, 6.07) is 7.93. The van der Waals surface area contributed by atoms with E-state index in [9.17, 15) is 4.39 Å². The molecule has 0 amide bonds. The molecule has 2 heteroatoms. The van der Waals surface area contributed by atoms with Gasteiger partial charge in [0.05, 0.1) is 6.67 Å². The Balaban J connectivity index is 2.62. The highest BCUT2D eigenvalue weighted by Crippen LogP contribution is 2.17. The van der Waals surface area contributed by atoms with Gasteiger partial charge in [0.1, 0.15) is 0 Å². The molecule has 0 heterocycles. The average Bonchev–Trinajstić information content (AvgIpc) is 2.03. The van der Waals surface area contributed by atoms with E-state index in [0.717, 1.165) is 10.9 Å². The second-order valence-electron chi connectivity index (χ2n) is 2.38. The summed E-state index contributed by atoms with van der Waals surface area (Å²) in [5, 5.41) is 0. The zero-order chi connectivity index (χ0) is 8.10. The molecule has 60 valence electrons. The summed E-state index contributed by atoms with van der Waals surface area (Å²) in [6.07, 6.45) is 1.43. The first-order chi connectivity index (χ1) is 5.34. The molecule has 0 radical (unpaired) electrons.